The van der Waals surface area contributed by atoms with Gasteiger partial charge in [-0.15, -0.1) is 0 Å². The normalized spacial score (nSPS) is 10.4. The monoisotopic (exact) mass is 325 g/mol. The Morgan fingerprint density at radius 2 is 1.48 bits per heavy atom. The molecule has 3 heterocycles. The number of hydrogen-bond donors (Lipinski definition) is 1. The standard InChI is InChI=1S/C20H15N5/c1-2-6-16(7-3-1)23-19-14-18(15-9-12-21-13-10-15)24-20(25-19)17-8-4-5-11-22-17/h1-14H,(H,23,24,25). The van der Waals surface area contributed by atoms with E-state index in [1.54, 1.807) is 18.6 Å². The molecule has 5 heteroatoms. The van der Waals surface area contributed by atoms with Gasteiger partial charge in [0.05, 0.1) is 5.69 Å². The third-order valence-electron chi connectivity index (χ3n) is 3.64. The topological polar surface area (TPSA) is 63.6 Å². The summed E-state index contributed by atoms with van der Waals surface area (Å²) in [7, 11) is 0. The van der Waals surface area contributed by atoms with Crippen molar-refractivity contribution in [1.29, 1.82) is 0 Å². The number of anilines is 2. The van der Waals surface area contributed by atoms with Crippen molar-refractivity contribution in [3.63, 3.8) is 0 Å². The van der Waals surface area contributed by atoms with Gasteiger partial charge in [-0.3, -0.25) is 9.97 Å². The van der Waals surface area contributed by atoms with Crippen molar-refractivity contribution < 1.29 is 0 Å². The summed E-state index contributed by atoms with van der Waals surface area (Å²) in [5.41, 5.74) is 3.49. The molecule has 4 rings (SSSR count). The van der Waals surface area contributed by atoms with E-state index in [4.69, 9.17) is 0 Å². The molecule has 1 N–H and O–H groups in total. The van der Waals surface area contributed by atoms with Crippen LogP contribution in [0.4, 0.5) is 11.5 Å². The molecule has 0 aliphatic carbocycles. The van der Waals surface area contributed by atoms with Crippen molar-refractivity contribution in [2.45, 2.75) is 0 Å². The first-order chi connectivity index (χ1) is 12.4. The molecule has 0 radical (unpaired) electrons. The molecule has 5 nitrogen and oxygen atoms in total. The van der Waals surface area contributed by atoms with E-state index in [1.165, 1.54) is 0 Å². The zero-order chi connectivity index (χ0) is 16.9. The number of pyridine rings is 2. The average molecular weight is 325 g/mol. The molecule has 0 bridgehead atoms. The van der Waals surface area contributed by atoms with Crippen molar-refractivity contribution in [2.75, 3.05) is 5.32 Å². The third-order valence-corrected chi connectivity index (χ3v) is 3.64. The summed E-state index contributed by atoms with van der Waals surface area (Å²) < 4.78 is 0. The Labute approximate surface area is 145 Å². The van der Waals surface area contributed by atoms with E-state index in [2.05, 4.69) is 25.3 Å². The van der Waals surface area contributed by atoms with E-state index in [9.17, 15) is 0 Å². The van der Waals surface area contributed by atoms with Crippen molar-refractivity contribution in [3.05, 3.63) is 85.3 Å². The van der Waals surface area contributed by atoms with Crippen molar-refractivity contribution in [3.8, 4) is 22.8 Å². The molecule has 4 aromatic rings. The fourth-order valence-electron chi connectivity index (χ4n) is 2.46. The molecule has 120 valence electrons. The van der Waals surface area contributed by atoms with Gasteiger partial charge in [0.15, 0.2) is 5.82 Å². The Hall–Kier alpha value is -3.60. The van der Waals surface area contributed by atoms with Crippen LogP contribution in [-0.2, 0) is 0 Å². The minimum absolute atomic E-state index is 0.577. The highest BCUT2D eigenvalue weighted by atomic mass is 15.0. The lowest BCUT2D eigenvalue weighted by atomic mass is 10.2. The summed E-state index contributed by atoms with van der Waals surface area (Å²) in [5.74, 6) is 1.29. The van der Waals surface area contributed by atoms with E-state index < -0.39 is 0 Å². The van der Waals surface area contributed by atoms with E-state index >= 15 is 0 Å². The fraction of sp³-hybridized carbons (Fsp3) is 0. The summed E-state index contributed by atoms with van der Waals surface area (Å²) in [4.78, 5) is 17.7. The smallest absolute Gasteiger partial charge is 0.180 e. The van der Waals surface area contributed by atoms with Crippen LogP contribution in [-0.4, -0.2) is 19.9 Å². The molecule has 0 fully saturated rings. The molecule has 0 atom stereocenters. The summed E-state index contributed by atoms with van der Waals surface area (Å²) in [5, 5.41) is 3.33. The molecule has 25 heavy (non-hydrogen) atoms. The van der Waals surface area contributed by atoms with Crippen LogP contribution < -0.4 is 5.32 Å². The number of rotatable bonds is 4. The molecule has 0 aliphatic heterocycles. The van der Waals surface area contributed by atoms with Gasteiger partial charge in [0.2, 0.25) is 0 Å². The summed E-state index contributed by atoms with van der Waals surface area (Å²) >= 11 is 0. The lowest BCUT2D eigenvalue weighted by Crippen LogP contribution is -2.00. The Morgan fingerprint density at radius 3 is 2.24 bits per heavy atom. The van der Waals surface area contributed by atoms with Crippen molar-refractivity contribution in [2.24, 2.45) is 0 Å². The van der Waals surface area contributed by atoms with Crippen LogP contribution in [0.1, 0.15) is 0 Å². The average Bonchev–Trinajstić information content (AvgIpc) is 2.70. The van der Waals surface area contributed by atoms with Crippen LogP contribution >= 0.6 is 0 Å². The molecule has 0 aliphatic rings. The van der Waals surface area contributed by atoms with E-state index in [-0.39, 0.29) is 0 Å². The van der Waals surface area contributed by atoms with Gasteiger partial charge in [0.25, 0.3) is 0 Å². The second kappa shape index (κ2) is 6.88. The predicted octanol–water partition coefficient (Wildman–Crippen LogP) is 4.34. The van der Waals surface area contributed by atoms with Gasteiger partial charge < -0.3 is 5.32 Å². The molecule has 0 unspecified atom stereocenters. The van der Waals surface area contributed by atoms with Crippen LogP contribution in [0.3, 0.4) is 0 Å². The zero-order valence-electron chi connectivity index (χ0n) is 13.4. The number of nitrogens with zero attached hydrogens (tertiary/aromatic N) is 4. The molecule has 1 aromatic carbocycles. The molecular weight excluding hydrogens is 310 g/mol. The minimum Gasteiger partial charge on any atom is -0.340 e. The number of hydrogen-bond acceptors (Lipinski definition) is 5. The van der Waals surface area contributed by atoms with Crippen LogP contribution in [0.2, 0.25) is 0 Å². The van der Waals surface area contributed by atoms with Gasteiger partial charge in [-0.1, -0.05) is 24.3 Å². The Bertz CT molecular complexity index is 899. The van der Waals surface area contributed by atoms with Crippen molar-refractivity contribution >= 4 is 11.5 Å². The van der Waals surface area contributed by atoms with Gasteiger partial charge in [-0.05, 0) is 36.4 Å². The lowest BCUT2D eigenvalue weighted by molar-refractivity contribution is 1.14. The highest BCUT2D eigenvalue weighted by molar-refractivity contribution is 5.68. The Morgan fingerprint density at radius 1 is 0.680 bits per heavy atom. The van der Waals surface area contributed by atoms with Crippen molar-refractivity contribution in [1.82, 2.24) is 19.9 Å². The van der Waals surface area contributed by atoms with Gasteiger partial charge in [0.1, 0.15) is 11.5 Å². The maximum Gasteiger partial charge on any atom is 0.180 e. The minimum atomic E-state index is 0.577. The van der Waals surface area contributed by atoms with E-state index in [0.717, 1.165) is 22.6 Å². The van der Waals surface area contributed by atoms with Gasteiger partial charge in [-0.2, -0.15) is 0 Å². The summed E-state index contributed by atoms with van der Waals surface area (Å²) in [6.45, 7) is 0. The highest BCUT2D eigenvalue weighted by Crippen LogP contribution is 2.24. The van der Waals surface area contributed by atoms with Crippen LogP contribution in [0.5, 0.6) is 0 Å². The molecule has 0 amide bonds. The lowest BCUT2D eigenvalue weighted by Gasteiger charge is -2.10. The number of nitrogens with one attached hydrogen (secondary N) is 1. The van der Waals surface area contributed by atoms with Crippen LogP contribution in [0.25, 0.3) is 22.8 Å². The quantitative estimate of drug-likeness (QED) is 0.604. The molecule has 0 saturated heterocycles. The van der Waals surface area contributed by atoms with Crippen LogP contribution in [0, 0.1) is 0 Å². The molecule has 0 saturated carbocycles. The molecule has 0 spiro atoms. The highest BCUT2D eigenvalue weighted by Gasteiger charge is 2.09. The van der Waals surface area contributed by atoms with Gasteiger partial charge in [0, 0.05) is 35.9 Å². The largest absolute Gasteiger partial charge is 0.340 e. The number of para-hydroxylation sites is 1. The second-order valence-corrected chi connectivity index (χ2v) is 5.40. The summed E-state index contributed by atoms with van der Waals surface area (Å²) in [6.07, 6.45) is 5.24. The van der Waals surface area contributed by atoms with Crippen LogP contribution in [0.15, 0.2) is 85.3 Å². The first kappa shape index (κ1) is 15.0. The number of aromatic nitrogens is 4. The van der Waals surface area contributed by atoms with E-state index in [1.807, 2.05) is 66.7 Å². The van der Waals surface area contributed by atoms with Gasteiger partial charge >= 0.3 is 0 Å². The Balaban J connectivity index is 1.80. The number of benzene rings is 1. The Kier molecular flexibility index (Phi) is 4.12. The summed E-state index contributed by atoms with van der Waals surface area (Å²) in [6, 6.07) is 21.4. The maximum atomic E-state index is 4.67. The first-order valence-electron chi connectivity index (χ1n) is 7.91. The zero-order valence-corrected chi connectivity index (χ0v) is 13.4. The third kappa shape index (κ3) is 3.50. The van der Waals surface area contributed by atoms with E-state index in [0.29, 0.717) is 11.6 Å². The van der Waals surface area contributed by atoms with Gasteiger partial charge in [-0.25, -0.2) is 9.97 Å². The second-order valence-electron chi connectivity index (χ2n) is 5.40. The fourth-order valence-corrected chi connectivity index (χ4v) is 2.46. The SMILES string of the molecule is c1ccc(Nc2cc(-c3ccncc3)nc(-c3ccccn3)n2)cc1. The maximum absolute atomic E-state index is 4.67. The molecular formula is C20H15N5. The predicted molar refractivity (Wildman–Crippen MR) is 98.2 cm³/mol. The molecule has 3 aromatic heterocycles. The first-order valence-corrected chi connectivity index (χ1v) is 7.91.